The summed E-state index contributed by atoms with van der Waals surface area (Å²) in [4.78, 5) is 11.1. The van der Waals surface area contributed by atoms with Crippen molar-refractivity contribution in [2.24, 2.45) is 0 Å². The average Bonchev–Trinajstić information content (AvgIpc) is 3.33. The van der Waals surface area contributed by atoms with Crippen LogP contribution in [0.4, 0.5) is 11.6 Å². The van der Waals surface area contributed by atoms with Gasteiger partial charge in [-0.2, -0.15) is 5.26 Å². The summed E-state index contributed by atoms with van der Waals surface area (Å²) < 4.78 is 0. The summed E-state index contributed by atoms with van der Waals surface area (Å²) >= 11 is 0. The Kier molecular flexibility index (Phi) is 3.69. The third kappa shape index (κ3) is 3.11. The van der Waals surface area contributed by atoms with E-state index in [9.17, 15) is 0 Å². The van der Waals surface area contributed by atoms with Crippen LogP contribution in [0.2, 0.25) is 0 Å². The van der Waals surface area contributed by atoms with Gasteiger partial charge in [0.2, 0.25) is 0 Å². The van der Waals surface area contributed by atoms with Gasteiger partial charge in [0.15, 0.2) is 5.82 Å². The predicted molar refractivity (Wildman–Crippen MR) is 82.5 cm³/mol. The van der Waals surface area contributed by atoms with E-state index < -0.39 is 0 Å². The minimum Gasteiger partial charge on any atom is -0.384 e. The molecule has 1 heterocycles. The molecule has 0 spiro atoms. The van der Waals surface area contributed by atoms with Gasteiger partial charge in [0.1, 0.15) is 11.6 Å². The Morgan fingerprint density at radius 1 is 1.24 bits per heavy atom. The topological polar surface area (TPSA) is 78.8 Å². The predicted octanol–water partition coefficient (Wildman–Crippen LogP) is 2.61. The van der Waals surface area contributed by atoms with E-state index in [-0.39, 0.29) is 0 Å². The van der Waals surface area contributed by atoms with Crippen LogP contribution in [0, 0.1) is 11.3 Å². The van der Waals surface area contributed by atoms with E-state index in [1.807, 2.05) is 30.3 Å². The Bertz CT molecular complexity index is 658. The van der Waals surface area contributed by atoms with Crippen LogP contribution >= 0.6 is 0 Å². The second-order valence-electron chi connectivity index (χ2n) is 5.17. The standard InChI is InChI=1S/C16H17N5/c17-9-4-10-21(13-7-8-13)15-11-14(18)19-16(20-15)12-5-2-1-3-6-12/h1-3,5-6,11,13H,4,7-8,10H2,(H2,18,19,20). The summed E-state index contributed by atoms with van der Waals surface area (Å²) in [6, 6.07) is 14.3. The van der Waals surface area contributed by atoms with Crippen LogP contribution in [0.1, 0.15) is 19.3 Å². The zero-order chi connectivity index (χ0) is 14.7. The van der Waals surface area contributed by atoms with Crippen LogP contribution in [0.3, 0.4) is 0 Å². The first-order chi connectivity index (χ1) is 10.3. The Labute approximate surface area is 124 Å². The third-order valence-electron chi connectivity index (χ3n) is 3.51. The van der Waals surface area contributed by atoms with E-state index >= 15 is 0 Å². The first kappa shape index (κ1) is 13.4. The van der Waals surface area contributed by atoms with Crippen LogP contribution in [-0.4, -0.2) is 22.6 Å². The molecule has 3 rings (SSSR count). The number of hydrogen-bond acceptors (Lipinski definition) is 5. The molecule has 0 saturated heterocycles. The molecule has 0 aliphatic heterocycles. The van der Waals surface area contributed by atoms with Crippen molar-refractivity contribution in [1.29, 1.82) is 5.26 Å². The van der Waals surface area contributed by atoms with Gasteiger partial charge in [0.25, 0.3) is 0 Å². The molecule has 2 N–H and O–H groups in total. The lowest BCUT2D eigenvalue weighted by molar-refractivity contribution is 0.777. The normalized spacial score (nSPS) is 13.7. The highest BCUT2D eigenvalue weighted by Gasteiger charge is 2.30. The van der Waals surface area contributed by atoms with Crippen LogP contribution in [0.25, 0.3) is 11.4 Å². The lowest BCUT2D eigenvalue weighted by atomic mass is 10.2. The van der Waals surface area contributed by atoms with E-state index in [0.29, 0.717) is 30.6 Å². The number of rotatable bonds is 5. The van der Waals surface area contributed by atoms with Crippen molar-refractivity contribution in [1.82, 2.24) is 9.97 Å². The molecule has 1 fully saturated rings. The Hall–Kier alpha value is -2.61. The van der Waals surface area contributed by atoms with Crippen LogP contribution in [-0.2, 0) is 0 Å². The number of nitrogens with zero attached hydrogens (tertiary/aromatic N) is 4. The monoisotopic (exact) mass is 279 g/mol. The van der Waals surface area contributed by atoms with E-state index in [1.165, 1.54) is 0 Å². The Morgan fingerprint density at radius 3 is 2.67 bits per heavy atom. The quantitative estimate of drug-likeness (QED) is 0.910. The zero-order valence-electron chi connectivity index (χ0n) is 11.7. The second-order valence-corrected chi connectivity index (χ2v) is 5.17. The molecule has 0 bridgehead atoms. The minimum absolute atomic E-state index is 0.460. The van der Waals surface area contributed by atoms with Gasteiger partial charge in [-0.05, 0) is 12.8 Å². The molecule has 1 aromatic heterocycles. The van der Waals surface area contributed by atoms with E-state index in [4.69, 9.17) is 11.0 Å². The van der Waals surface area contributed by atoms with Crippen LogP contribution in [0.5, 0.6) is 0 Å². The summed E-state index contributed by atoms with van der Waals surface area (Å²) in [5.74, 6) is 1.91. The Morgan fingerprint density at radius 2 is 2.00 bits per heavy atom. The number of benzene rings is 1. The molecule has 0 radical (unpaired) electrons. The molecule has 0 unspecified atom stereocenters. The Balaban J connectivity index is 1.95. The van der Waals surface area contributed by atoms with Gasteiger partial charge in [-0.3, -0.25) is 0 Å². The second kappa shape index (κ2) is 5.80. The number of nitriles is 1. The summed E-state index contributed by atoms with van der Waals surface area (Å²) in [5, 5.41) is 8.82. The zero-order valence-corrected chi connectivity index (χ0v) is 11.7. The molecular formula is C16H17N5. The molecule has 1 aromatic carbocycles. The maximum Gasteiger partial charge on any atom is 0.163 e. The van der Waals surface area contributed by atoms with Crippen molar-refractivity contribution < 1.29 is 0 Å². The van der Waals surface area contributed by atoms with Crippen molar-refractivity contribution in [2.75, 3.05) is 17.2 Å². The average molecular weight is 279 g/mol. The van der Waals surface area contributed by atoms with Crippen molar-refractivity contribution in [3.63, 3.8) is 0 Å². The molecule has 5 nitrogen and oxygen atoms in total. The smallest absolute Gasteiger partial charge is 0.163 e. The molecule has 1 saturated carbocycles. The molecule has 1 aliphatic carbocycles. The molecule has 1 aliphatic rings. The SMILES string of the molecule is N#CCCN(c1cc(N)nc(-c2ccccc2)n1)C1CC1. The third-order valence-corrected chi connectivity index (χ3v) is 3.51. The fourth-order valence-corrected chi connectivity index (χ4v) is 2.36. The molecule has 21 heavy (non-hydrogen) atoms. The minimum atomic E-state index is 0.460. The molecule has 0 atom stereocenters. The van der Waals surface area contributed by atoms with Gasteiger partial charge in [-0.25, -0.2) is 9.97 Å². The van der Waals surface area contributed by atoms with E-state index in [2.05, 4.69) is 20.9 Å². The largest absolute Gasteiger partial charge is 0.384 e. The van der Waals surface area contributed by atoms with Crippen LogP contribution < -0.4 is 10.6 Å². The van der Waals surface area contributed by atoms with Crippen molar-refractivity contribution >= 4 is 11.6 Å². The number of aromatic nitrogens is 2. The summed E-state index contributed by atoms with van der Waals surface area (Å²) in [6.07, 6.45) is 2.78. The van der Waals surface area contributed by atoms with E-state index in [1.54, 1.807) is 6.07 Å². The highest BCUT2D eigenvalue weighted by Crippen LogP contribution is 2.32. The molecule has 2 aromatic rings. The fourth-order valence-electron chi connectivity index (χ4n) is 2.36. The number of anilines is 2. The van der Waals surface area contributed by atoms with Gasteiger partial charge in [0, 0.05) is 24.2 Å². The highest BCUT2D eigenvalue weighted by molar-refractivity contribution is 5.61. The molecule has 5 heteroatoms. The van der Waals surface area contributed by atoms with Gasteiger partial charge in [0.05, 0.1) is 12.5 Å². The van der Waals surface area contributed by atoms with Crippen molar-refractivity contribution in [3.05, 3.63) is 36.4 Å². The number of nitrogens with two attached hydrogens (primary N) is 1. The van der Waals surface area contributed by atoms with Gasteiger partial charge in [-0.15, -0.1) is 0 Å². The maximum absolute atomic E-state index is 8.82. The number of hydrogen-bond donors (Lipinski definition) is 1. The lowest BCUT2D eigenvalue weighted by Gasteiger charge is -2.23. The lowest BCUT2D eigenvalue weighted by Crippen LogP contribution is -2.28. The maximum atomic E-state index is 8.82. The summed E-state index contributed by atoms with van der Waals surface area (Å²) in [5.41, 5.74) is 6.89. The summed E-state index contributed by atoms with van der Waals surface area (Å²) in [6.45, 7) is 0.686. The van der Waals surface area contributed by atoms with E-state index in [0.717, 1.165) is 24.2 Å². The van der Waals surface area contributed by atoms with Crippen molar-refractivity contribution in [2.45, 2.75) is 25.3 Å². The molecule has 0 amide bonds. The number of nitrogen functional groups attached to an aromatic ring is 1. The fraction of sp³-hybridized carbons (Fsp3) is 0.312. The van der Waals surface area contributed by atoms with Gasteiger partial charge >= 0.3 is 0 Å². The van der Waals surface area contributed by atoms with Gasteiger partial charge < -0.3 is 10.6 Å². The molecular weight excluding hydrogens is 262 g/mol. The first-order valence-corrected chi connectivity index (χ1v) is 7.11. The van der Waals surface area contributed by atoms with Crippen molar-refractivity contribution in [3.8, 4) is 17.5 Å². The van der Waals surface area contributed by atoms with Gasteiger partial charge in [-0.1, -0.05) is 30.3 Å². The highest BCUT2D eigenvalue weighted by atomic mass is 15.2. The first-order valence-electron chi connectivity index (χ1n) is 7.11. The molecule has 106 valence electrons. The summed E-state index contributed by atoms with van der Waals surface area (Å²) in [7, 11) is 0. The van der Waals surface area contributed by atoms with Crippen LogP contribution in [0.15, 0.2) is 36.4 Å².